The molecule has 0 atom stereocenters. The summed E-state index contributed by atoms with van der Waals surface area (Å²) in [6.07, 6.45) is 0. The number of halogens is 1. The molecule has 0 aliphatic carbocycles. The van der Waals surface area contributed by atoms with Gasteiger partial charge in [-0.25, -0.2) is 0 Å². The average Bonchev–Trinajstić information content (AvgIpc) is 1.96. The molecule has 1 rings (SSSR count). The van der Waals surface area contributed by atoms with Gasteiger partial charge < -0.3 is 4.90 Å². The molecule has 0 saturated carbocycles. The van der Waals surface area contributed by atoms with Crippen molar-refractivity contribution in [3.05, 3.63) is 28.8 Å². The zero-order valence-corrected chi connectivity index (χ0v) is 9.83. The van der Waals surface area contributed by atoms with E-state index in [0.717, 1.165) is 0 Å². The first kappa shape index (κ1) is 12.3. The van der Waals surface area contributed by atoms with Gasteiger partial charge in [0.2, 0.25) is 0 Å². The van der Waals surface area contributed by atoms with Gasteiger partial charge in [-0.1, -0.05) is 6.07 Å². The minimum Gasteiger partial charge on any atom is -0.377 e. The summed E-state index contributed by atoms with van der Waals surface area (Å²) in [6, 6.07) is 4.48. The van der Waals surface area contributed by atoms with E-state index in [0.29, 0.717) is 0 Å². The summed E-state index contributed by atoms with van der Waals surface area (Å²) in [5.41, 5.74) is 5.41. The molecule has 0 aliphatic heterocycles. The van der Waals surface area contributed by atoms with Crippen LogP contribution in [0.5, 0.6) is 0 Å². The molecular weight excluding hydrogens is 182 g/mol. The van der Waals surface area contributed by atoms with E-state index in [1.54, 1.807) is 0 Å². The SMILES string of the molecule is Cc1cc(C)c(N(C)C)cc1C.Cl. The van der Waals surface area contributed by atoms with Crippen molar-refractivity contribution < 1.29 is 0 Å². The summed E-state index contributed by atoms with van der Waals surface area (Å²) < 4.78 is 0. The summed E-state index contributed by atoms with van der Waals surface area (Å²) in [4.78, 5) is 2.15. The smallest absolute Gasteiger partial charge is 0.0393 e. The molecule has 1 nitrogen and oxygen atoms in total. The van der Waals surface area contributed by atoms with E-state index in [9.17, 15) is 0 Å². The maximum absolute atomic E-state index is 2.24. The number of hydrogen-bond donors (Lipinski definition) is 0. The molecule has 1 aromatic carbocycles. The van der Waals surface area contributed by atoms with E-state index in [1.807, 2.05) is 0 Å². The molecule has 0 unspecified atom stereocenters. The number of benzene rings is 1. The Labute approximate surface area is 87.2 Å². The minimum atomic E-state index is 0. The molecule has 0 aliphatic rings. The van der Waals surface area contributed by atoms with Crippen molar-refractivity contribution in [1.82, 2.24) is 0 Å². The quantitative estimate of drug-likeness (QED) is 0.672. The fourth-order valence-electron chi connectivity index (χ4n) is 1.43. The molecule has 0 N–H and O–H groups in total. The molecule has 2 heteroatoms. The van der Waals surface area contributed by atoms with Gasteiger partial charge in [0.1, 0.15) is 0 Å². The lowest BCUT2D eigenvalue weighted by Gasteiger charge is -2.17. The van der Waals surface area contributed by atoms with Crippen molar-refractivity contribution >= 4 is 18.1 Å². The topological polar surface area (TPSA) is 3.24 Å². The predicted octanol–water partition coefficient (Wildman–Crippen LogP) is 3.10. The summed E-state index contributed by atoms with van der Waals surface area (Å²) in [7, 11) is 4.16. The number of rotatable bonds is 1. The lowest BCUT2D eigenvalue weighted by atomic mass is 10.0. The van der Waals surface area contributed by atoms with Crippen LogP contribution in [0.3, 0.4) is 0 Å². The van der Waals surface area contributed by atoms with Crippen LogP contribution >= 0.6 is 12.4 Å². The van der Waals surface area contributed by atoms with E-state index in [4.69, 9.17) is 0 Å². The predicted molar refractivity (Wildman–Crippen MR) is 62.2 cm³/mol. The lowest BCUT2D eigenvalue weighted by Crippen LogP contribution is -2.10. The van der Waals surface area contributed by atoms with Gasteiger partial charge in [0.05, 0.1) is 0 Å². The first-order chi connectivity index (χ1) is 5.52. The highest BCUT2D eigenvalue weighted by molar-refractivity contribution is 5.85. The number of hydrogen-bond acceptors (Lipinski definition) is 1. The second-order valence-electron chi connectivity index (χ2n) is 3.62. The molecule has 0 spiro atoms. The largest absolute Gasteiger partial charge is 0.377 e. The number of aryl methyl sites for hydroxylation is 3. The molecule has 0 aromatic heterocycles. The fraction of sp³-hybridized carbons (Fsp3) is 0.455. The van der Waals surface area contributed by atoms with Gasteiger partial charge in [0.25, 0.3) is 0 Å². The maximum Gasteiger partial charge on any atom is 0.0393 e. The minimum absolute atomic E-state index is 0. The molecule has 0 radical (unpaired) electrons. The van der Waals surface area contributed by atoms with Crippen LogP contribution < -0.4 is 4.90 Å². The molecule has 13 heavy (non-hydrogen) atoms. The van der Waals surface area contributed by atoms with Gasteiger partial charge >= 0.3 is 0 Å². The van der Waals surface area contributed by atoms with Crippen LogP contribution in [0, 0.1) is 20.8 Å². The lowest BCUT2D eigenvalue weighted by molar-refractivity contribution is 1.10. The maximum atomic E-state index is 2.24. The molecule has 1 aromatic rings. The van der Waals surface area contributed by atoms with Crippen LogP contribution in [0.2, 0.25) is 0 Å². The van der Waals surface area contributed by atoms with Gasteiger partial charge in [-0.3, -0.25) is 0 Å². The van der Waals surface area contributed by atoms with Crippen molar-refractivity contribution in [3.8, 4) is 0 Å². The molecule has 74 valence electrons. The van der Waals surface area contributed by atoms with Crippen molar-refractivity contribution in [2.75, 3.05) is 19.0 Å². The summed E-state index contributed by atoms with van der Waals surface area (Å²) >= 11 is 0. The van der Waals surface area contributed by atoms with Crippen LogP contribution in [0.25, 0.3) is 0 Å². The second kappa shape index (κ2) is 4.52. The Bertz CT molecular complexity index is 292. The van der Waals surface area contributed by atoms with Gasteiger partial charge in [0.15, 0.2) is 0 Å². The van der Waals surface area contributed by atoms with Gasteiger partial charge in [-0.05, 0) is 43.5 Å². The molecular formula is C11H18ClN. The van der Waals surface area contributed by atoms with E-state index < -0.39 is 0 Å². The van der Waals surface area contributed by atoms with E-state index in [-0.39, 0.29) is 12.4 Å². The summed E-state index contributed by atoms with van der Waals surface area (Å²) in [5, 5.41) is 0. The van der Waals surface area contributed by atoms with E-state index >= 15 is 0 Å². The molecule has 0 fully saturated rings. The molecule has 0 bridgehead atoms. The number of nitrogens with zero attached hydrogens (tertiary/aromatic N) is 1. The van der Waals surface area contributed by atoms with Crippen molar-refractivity contribution in [2.24, 2.45) is 0 Å². The Kier molecular flexibility index (Phi) is 4.28. The van der Waals surface area contributed by atoms with Crippen LogP contribution in [0.1, 0.15) is 16.7 Å². The second-order valence-corrected chi connectivity index (χ2v) is 3.62. The zero-order valence-electron chi connectivity index (χ0n) is 9.01. The van der Waals surface area contributed by atoms with Crippen LogP contribution in [0.15, 0.2) is 12.1 Å². The zero-order chi connectivity index (χ0) is 9.30. The highest BCUT2D eigenvalue weighted by Gasteiger charge is 2.02. The Morgan fingerprint density at radius 1 is 0.846 bits per heavy atom. The molecule has 0 heterocycles. The Morgan fingerprint density at radius 2 is 1.31 bits per heavy atom. The van der Waals surface area contributed by atoms with Crippen molar-refractivity contribution in [1.29, 1.82) is 0 Å². The fourth-order valence-corrected chi connectivity index (χ4v) is 1.43. The van der Waals surface area contributed by atoms with Crippen molar-refractivity contribution in [2.45, 2.75) is 20.8 Å². The highest BCUT2D eigenvalue weighted by Crippen LogP contribution is 2.21. The van der Waals surface area contributed by atoms with Crippen LogP contribution in [0.4, 0.5) is 5.69 Å². The summed E-state index contributed by atoms with van der Waals surface area (Å²) in [6.45, 7) is 6.46. The third-order valence-corrected chi connectivity index (χ3v) is 2.29. The Balaban J connectivity index is 0.00000144. The van der Waals surface area contributed by atoms with E-state index in [2.05, 4.69) is 51.9 Å². The first-order valence-electron chi connectivity index (χ1n) is 4.27. The average molecular weight is 200 g/mol. The normalized spacial score (nSPS) is 9.31. The third kappa shape index (κ3) is 2.63. The van der Waals surface area contributed by atoms with Crippen LogP contribution in [-0.2, 0) is 0 Å². The van der Waals surface area contributed by atoms with Gasteiger partial charge in [0, 0.05) is 19.8 Å². The molecule has 0 saturated heterocycles. The van der Waals surface area contributed by atoms with Crippen LogP contribution in [-0.4, -0.2) is 14.1 Å². The van der Waals surface area contributed by atoms with Crippen molar-refractivity contribution in [3.63, 3.8) is 0 Å². The Morgan fingerprint density at radius 3 is 1.77 bits per heavy atom. The first-order valence-corrected chi connectivity index (χ1v) is 4.27. The molecule has 0 amide bonds. The monoisotopic (exact) mass is 199 g/mol. The highest BCUT2D eigenvalue weighted by atomic mass is 35.5. The van der Waals surface area contributed by atoms with E-state index in [1.165, 1.54) is 22.4 Å². The van der Waals surface area contributed by atoms with Gasteiger partial charge in [-0.2, -0.15) is 0 Å². The van der Waals surface area contributed by atoms with Gasteiger partial charge in [-0.15, -0.1) is 12.4 Å². The summed E-state index contributed by atoms with van der Waals surface area (Å²) in [5.74, 6) is 0. The third-order valence-electron chi connectivity index (χ3n) is 2.29. The standard InChI is InChI=1S/C11H17N.ClH/c1-8-6-10(3)11(12(4)5)7-9(8)2;/h6-7H,1-5H3;1H. The Hall–Kier alpha value is -0.690. The number of anilines is 1.